The van der Waals surface area contributed by atoms with Crippen LogP contribution < -0.4 is 20.1 Å². The number of halogens is 4. The molecule has 0 unspecified atom stereocenters. The number of hydrogen-bond donors (Lipinski definition) is 2. The Morgan fingerprint density at radius 3 is 1.16 bits per heavy atom. The molecule has 0 saturated heterocycles. The standard InChI is InChI=1S/C67H94F4N2O4/c1-3-5-14-22-50-26-30-52(31-27-50)54-34-38-56(39-35-54)58-42-44-60(66(70)64(58)68)76-48-20-12-16-24-62(74)72-46-18-10-8-7-9-11-19-47-73-63(75)25-17-13-21-49-77-61-45-43-59(65(69)67(61)71)57-40-36-55(37-41-57)53-32-28-51(29-33-53)23-15-6-4-2/h34-45,50-53H,3-33,46-49H2,1-2H3,(H,72,74)(H,73,75). The highest BCUT2D eigenvalue weighted by Gasteiger charge is 2.25. The van der Waals surface area contributed by atoms with E-state index in [2.05, 4.69) is 48.7 Å². The first kappa shape index (κ1) is 61.4. The molecule has 0 radical (unpaired) electrons. The fourth-order valence-corrected chi connectivity index (χ4v) is 11.8. The van der Waals surface area contributed by atoms with Crippen molar-refractivity contribution in [2.24, 2.45) is 11.8 Å². The molecule has 0 aromatic heterocycles. The smallest absolute Gasteiger partial charge is 0.219 e. The van der Waals surface area contributed by atoms with Crippen molar-refractivity contribution in [1.82, 2.24) is 10.6 Å². The van der Waals surface area contributed by atoms with Gasteiger partial charge in [0.25, 0.3) is 0 Å². The lowest BCUT2D eigenvalue weighted by atomic mass is 9.77. The molecule has 77 heavy (non-hydrogen) atoms. The SMILES string of the molecule is CCCCCC1CCC(c2ccc(-c3ccc(OCCCCCC(=O)NCCCCCCCCCNC(=O)CCCCCOc4ccc(-c5ccc(C6CCC(CCCCC)CC6)cc5)c(F)c4F)c(F)c3F)cc2)CC1. The minimum atomic E-state index is -0.964. The number of benzene rings is 4. The second kappa shape index (κ2) is 34.9. The summed E-state index contributed by atoms with van der Waals surface area (Å²) >= 11 is 0. The molecule has 6 nitrogen and oxygen atoms in total. The van der Waals surface area contributed by atoms with Gasteiger partial charge in [0.05, 0.1) is 13.2 Å². The summed E-state index contributed by atoms with van der Waals surface area (Å²) in [6, 6.07) is 22.2. The molecule has 2 N–H and O–H groups in total. The van der Waals surface area contributed by atoms with Crippen LogP contribution in [0.25, 0.3) is 22.3 Å². The minimum Gasteiger partial charge on any atom is -0.490 e. The average molecular weight is 1070 g/mol. The Hall–Kier alpha value is -4.86. The van der Waals surface area contributed by atoms with E-state index < -0.39 is 23.3 Å². The van der Waals surface area contributed by atoms with Crippen LogP contribution >= 0.6 is 0 Å². The Kier molecular flexibility index (Phi) is 27.8. The van der Waals surface area contributed by atoms with E-state index in [1.165, 1.54) is 126 Å². The first-order chi connectivity index (χ1) is 37.6. The van der Waals surface area contributed by atoms with Crippen molar-refractivity contribution in [1.29, 1.82) is 0 Å². The summed E-state index contributed by atoms with van der Waals surface area (Å²) in [6.07, 6.45) is 32.8. The topological polar surface area (TPSA) is 76.7 Å². The molecule has 2 saturated carbocycles. The maximum atomic E-state index is 15.2. The summed E-state index contributed by atoms with van der Waals surface area (Å²) < 4.78 is 71.7. The van der Waals surface area contributed by atoms with E-state index in [-0.39, 0.29) is 47.7 Å². The first-order valence-corrected chi connectivity index (χ1v) is 30.6. The molecule has 0 atom stereocenters. The van der Waals surface area contributed by atoms with E-state index in [1.807, 2.05) is 24.3 Å². The summed E-state index contributed by atoms with van der Waals surface area (Å²) in [5, 5.41) is 6.02. The Morgan fingerprint density at radius 2 is 0.779 bits per heavy atom. The zero-order valence-electron chi connectivity index (χ0n) is 47.1. The summed E-state index contributed by atoms with van der Waals surface area (Å²) in [5.74, 6) is -1.03. The number of nitrogens with one attached hydrogen (secondary N) is 2. The predicted octanol–water partition coefficient (Wildman–Crippen LogP) is 18.8. The van der Waals surface area contributed by atoms with E-state index in [0.717, 1.165) is 69.6 Å². The Labute approximate surface area is 461 Å². The van der Waals surface area contributed by atoms with Gasteiger partial charge >= 0.3 is 0 Å². The van der Waals surface area contributed by atoms with Crippen molar-refractivity contribution in [3.63, 3.8) is 0 Å². The number of ether oxygens (including phenoxy) is 2. The quantitative estimate of drug-likeness (QED) is 0.0351. The van der Waals surface area contributed by atoms with Gasteiger partial charge in [0.2, 0.25) is 23.4 Å². The molecule has 0 spiro atoms. The highest BCUT2D eigenvalue weighted by molar-refractivity contribution is 5.76. The number of hydrogen-bond acceptors (Lipinski definition) is 4. The molecule has 0 aliphatic heterocycles. The largest absolute Gasteiger partial charge is 0.490 e. The minimum absolute atomic E-state index is 0.0342. The van der Waals surface area contributed by atoms with Crippen molar-refractivity contribution in [3.05, 3.63) is 107 Å². The fourth-order valence-electron chi connectivity index (χ4n) is 11.8. The number of amides is 2. The molecule has 0 heterocycles. The molecular formula is C67H94F4N2O4. The first-order valence-electron chi connectivity index (χ1n) is 30.6. The molecule has 2 aliphatic rings. The van der Waals surface area contributed by atoms with Gasteiger partial charge in [-0.15, -0.1) is 0 Å². The Bertz CT molecular complexity index is 2150. The lowest BCUT2D eigenvalue weighted by Crippen LogP contribution is -2.24. The molecule has 4 aromatic carbocycles. The van der Waals surface area contributed by atoms with Gasteiger partial charge in [-0.3, -0.25) is 9.59 Å². The van der Waals surface area contributed by atoms with Crippen LogP contribution in [0.4, 0.5) is 17.6 Å². The normalized spacial score (nSPS) is 17.5. The Morgan fingerprint density at radius 1 is 0.416 bits per heavy atom. The van der Waals surface area contributed by atoms with E-state index in [0.29, 0.717) is 74.6 Å². The van der Waals surface area contributed by atoms with Crippen LogP contribution in [-0.4, -0.2) is 38.1 Å². The van der Waals surface area contributed by atoms with Gasteiger partial charge < -0.3 is 20.1 Å². The summed E-state index contributed by atoms with van der Waals surface area (Å²) in [4.78, 5) is 24.7. The highest BCUT2D eigenvalue weighted by atomic mass is 19.2. The Balaban J connectivity index is 0.703. The van der Waals surface area contributed by atoms with Crippen LogP contribution in [0.15, 0.2) is 72.8 Å². The molecule has 2 fully saturated rings. The summed E-state index contributed by atoms with van der Waals surface area (Å²) in [5.41, 5.74) is 4.38. The average Bonchev–Trinajstić information content (AvgIpc) is 3.45. The third-order valence-electron chi connectivity index (χ3n) is 16.7. The van der Waals surface area contributed by atoms with E-state index in [4.69, 9.17) is 9.47 Å². The van der Waals surface area contributed by atoms with Gasteiger partial charge in [-0.05, 0) is 173 Å². The summed E-state index contributed by atoms with van der Waals surface area (Å²) in [6.45, 7) is 6.34. The number of unbranched alkanes of at least 4 members (excludes halogenated alkanes) is 14. The van der Waals surface area contributed by atoms with Crippen molar-refractivity contribution in [2.45, 2.75) is 225 Å². The molecule has 0 bridgehead atoms. The molecule has 424 valence electrons. The highest BCUT2D eigenvalue weighted by Crippen LogP contribution is 2.41. The fraction of sp³-hybridized carbons (Fsp3) is 0.612. The van der Waals surface area contributed by atoms with Crippen LogP contribution in [0.1, 0.15) is 236 Å². The van der Waals surface area contributed by atoms with Crippen LogP contribution in [0, 0.1) is 35.1 Å². The maximum Gasteiger partial charge on any atom is 0.219 e. The second-order valence-electron chi connectivity index (χ2n) is 22.6. The lowest BCUT2D eigenvalue weighted by molar-refractivity contribution is -0.122. The van der Waals surface area contributed by atoms with Gasteiger partial charge in [-0.2, -0.15) is 8.78 Å². The van der Waals surface area contributed by atoms with Crippen molar-refractivity contribution in [2.75, 3.05) is 26.3 Å². The molecule has 4 aromatic rings. The van der Waals surface area contributed by atoms with Crippen LogP contribution in [0.3, 0.4) is 0 Å². The lowest BCUT2D eigenvalue weighted by Gasteiger charge is -2.29. The zero-order valence-corrected chi connectivity index (χ0v) is 47.1. The van der Waals surface area contributed by atoms with Crippen LogP contribution in [0.2, 0.25) is 0 Å². The second-order valence-corrected chi connectivity index (χ2v) is 22.6. The summed E-state index contributed by atoms with van der Waals surface area (Å²) in [7, 11) is 0. The number of carbonyl (C=O) groups is 2. The van der Waals surface area contributed by atoms with Gasteiger partial charge in [0.15, 0.2) is 23.1 Å². The van der Waals surface area contributed by atoms with Crippen LogP contribution in [-0.2, 0) is 9.59 Å². The van der Waals surface area contributed by atoms with Crippen molar-refractivity contribution < 1.29 is 36.6 Å². The third kappa shape index (κ3) is 21.0. The van der Waals surface area contributed by atoms with Crippen molar-refractivity contribution >= 4 is 11.8 Å². The van der Waals surface area contributed by atoms with Crippen LogP contribution in [0.5, 0.6) is 11.5 Å². The molecule has 2 aliphatic carbocycles. The zero-order chi connectivity index (χ0) is 54.5. The van der Waals surface area contributed by atoms with Gasteiger partial charge in [-0.25, -0.2) is 8.78 Å². The molecule has 2 amide bonds. The van der Waals surface area contributed by atoms with Gasteiger partial charge in [0, 0.05) is 37.1 Å². The number of rotatable bonds is 36. The van der Waals surface area contributed by atoms with E-state index in [9.17, 15) is 9.59 Å². The monoisotopic (exact) mass is 1070 g/mol. The van der Waals surface area contributed by atoms with Crippen molar-refractivity contribution in [3.8, 4) is 33.8 Å². The predicted molar refractivity (Wildman–Crippen MR) is 308 cm³/mol. The van der Waals surface area contributed by atoms with E-state index >= 15 is 17.6 Å². The third-order valence-corrected chi connectivity index (χ3v) is 16.7. The van der Waals surface area contributed by atoms with Gasteiger partial charge in [0.1, 0.15) is 0 Å². The van der Waals surface area contributed by atoms with E-state index in [1.54, 1.807) is 12.1 Å². The molecule has 6 rings (SSSR count). The number of carbonyl (C=O) groups excluding carboxylic acids is 2. The van der Waals surface area contributed by atoms with Gasteiger partial charge in [-0.1, -0.05) is 146 Å². The molecular weight excluding hydrogens is 973 g/mol. The maximum absolute atomic E-state index is 15.2. The molecule has 10 heteroatoms.